The molecule has 3 rings (SSSR count). The molecule has 1 atom stereocenters. The largest absolute Gasteiger partial charge is 0.380 e. The van der Waals surface area contributed by atoms with Crippen LogP contribution in [0, 0.1) is 11.8 Å². The smallest absolute Gasteiger partial charge is 0.127 e. The van der Waals surface area contributed by atoms with Crippen LogP contribution in [0.15, 0.2) is 42.1 Å². The Morgan fingerprint density at radius 3 is 2.67 bits per heavy atom. The molecule has 130 valence electrons. The number of anilines is 2. The summed E-state index contributed by atoms with van der Waals surface area (Å²) in [6.45, 7) is 1.60. The van der Waals surface area contributed by atoms with E-state index in [0.29, 0.717) is 0 Å². The average molecular weight is 326 g/mol. The molecule has 0 spiro atoms. The van der Waals surface area contributed by atoms with Gasteiger partial charge in [-0.25, -0.2) is 4.98 Å². The fraction of sp³-hybridized carbons (Fsp3) is 0.550. The number of nitrogens with zero attached hydrogens (tertiary/aromatic N) is 1. The minimum absolute atomic E-state index is 0.722. The van der Waals surface area contributed by atoms with E-state index < -0.39 is 0 Å². The molecule has 1 heterocycles. The monoisotopic (exact) mass is 326 g/mol. The second-order valence-electron chi connectivity index (χ2n) is 6.93. The van der Waals surface area contributed by atoms with E-state index in [2.05, 4.69) is 45.2 Å². The third kappa shape index (κ3) is 4.84. The average Bonchev–Trinajstić information content (AvgIpc) is 2.67. The fourth-order valence-electron chi connectivity index (χ4n) is 3.71. The Morgan fingerprint density at radius 1 is 1.12 bits per heavy atom. The van der Waals surface area contributed by atoms with Crippen molar-refractivity contribution in [3.63, 3.8) is 0 Å². The number of hydrogen-bond acceptors (Lipinski definition) is 4. The van der Waals surface area contributed by atoms with Crippen molar-refractivity contribution in [1.82, 2.24) is 10.3 Å². The first-order valence-corrected chi connectivity index (χ1v) is 9.31. The molecule has 4 nitrogen and oxygen atoms in total. The van der Waals surface area contributed by atoms with Crippen LogP contribution in [0.3, 0.4) is 0 Å². The predicted octanol–water partition coefficient (Wildman–Crippen LogP) is 4.17. The molecule has 4 heteroatoms. The first kappa shape index (κ1) is 17.0. The van der Waals surface area contributed by atoms with Gasteiger partial charge in [-0.05, 0) is 55.9 Å². The van der Waals surface area contributed by atoms with Crippen molar-refractivity contribution in [3.8, 4) is 0 Å². The predicted molar refractivity (Wildman–Crippen MR) is 102 cm³/mol. The van der Waals surface area contributed by atoms with Crippen LogP contribution < -0.4 is 16.0 Å². The Balaban J connectivity index is 1.44. The Kier molecular flexibility index (Phi) is 6.30. The van der Waals surface area contributed by atoms with E-state index in [1.807, 2.05) is 19.3 Å². The van der Waals surface area contributed by atoms with Crippen LogP contribution in [0.5, 0.6) is 0 Å². The molecule has 1 fully saturated rings. The van der Waals surface area contributed by atoms with E-state index in [0.717, 1.165) is 36.6 Å². The van der Waals surface area contributed by atoms with Crippen LogP contribution in [-0.2, 0) is 0 Å². The topological polar surface area (TPSA) is 49.0 Å². The molecule has 0 bridgehead atoms. The summed E-state index contributed by atoms with van der Waals surface area (Å²) < 4.78 is 0. The number of rotatable bonds is 7. The Bertz CT molecular complexity index is 556. The minimum atomic E-state index is 0.722. The maximum Gasteiger partial charge on any atom is 0.127 e. The number of pyridine rings is 1. The molecular weight excluding hydrogens is 296 g/mol. The normalized spacial score (nSPS) is 21.4. The number of aromatic nitrogens is 1. The lowest BCUT2D eigenvalue weighted by Crippen LogP contribution is -2.18. The first-order valence-electron chi connectivity index (χ1n) is 9.31. The molecule has 0 saturated heterocycles. The maximum absolute atomic E-state index is 4.40. The molecule has 0 aliphatic heterocycles. The van der Waals surface area contributed by atoms with Crippen LogP contribution in [0.4, 0.5) is 11.5 Å². The van der Waals surface area contributed by atoms with Crippen molar-refractivity contribution in [3.05, 3.63) is 42.1 Å². The molecular formula is C20H30N4. The van der Waals surface area contributed by atoms with E-state index in [-0.39, 0.29) is 0 Å². The summed E-state index contributed by atoms with van der Waals surface area (Å²) in [7, 11) is 1.91. The molecule has 3 N–H and O–H groups in total. The van der Waals surface area contributed by atoms with Gasteiger partial charge in [0.1, 0.15) is 5.82 Å². The Hall–Kier alpha value is -1.81. The van der Waals surface area contributed by atoms with E-state index >= 15 is 0 Å². The molecule has 0 radical (unpaired) electrons. The minimum Gasteiger partial charge on any atom is -0.380 e. The van der Waals surface area contributed by atoms with Gasteiger partial charge in [0, 0.05) is 6.54 Å². The van der Waals surface area contributed by atoms with E-state index in [1.165, 1.54) is 44.1 Å². The lowest BCUT2D eigenvalue weighted by Gasteiger charge is -2.29. The molecule has 0 amide bonds. The maximum atomic E-state index is 4.40. The van der Waals surface area contributed by atoms with Crippen molar-refractivity contribution >= 4 is 11.5 Å². The molecule has 1 saturated carbocycles. The summed E-state index contributed by atoms with van der Waals surface area (Å²) in [5.41, 5.74) is 2.45. The van der Waals surface area contributed by atoms with Gasteiger partial charge >= 0.3 is 0 Å². The summed E-state index contributed by atoms with van der Waals surface area (Å²) in [6, 6.07) is 4.08. The standard InChI is InChI=1S/C20H30N4/c1-21-15-24-20-12-11-19(14-23-20)22-13-16-7-9-18(10-8-16)17-5-3-2-4-6-17/h7-9,11-12,14,17-18,21-22H,2-6,10,13,15H2,1H3,(H,23,24). The summed E-state index contributed by atoms with van der Waals surface area (Å²) in [5.74, 6) is 2.58. The second-order valence-corrected chi connectivity index (χ2v) is 6.93. The van der Waals surface area contributed by atoms with E-state index in [9.17, 15) is 0 Å². The number of nitrogens with one attached hydrogen (secondary N) is 3. The first-order chi connectivity index (χ1) is 11.8. The van der Waals surface area contributed by atoms with Gasteiger partial charge in [-0.1, -0.05) is 37.5 Å². The van der Waals surface area contributed by atoms with Crippen molar-refractivity contribution in [2.24, 2.45) is 11.8 Å². The van der Waals surface area contributed by atoms with Gasteiger partial charge in [-0.2, -0.15) is 0 Å². The van der Waals surface area contributed by atoms with Gasteiger partial charge in [-0.3, -0.25) is 0 Å². The molecule has 0 aromatic carbocycles. The van der Waals surface area contributed by atoms with Gasteiger partial charge in [0.15, 0.2) is 0 Å². The molecule has 1 aromatic rings. The van der Waals surface area contributed by atoms with Crippen LogP contribution in [0.2, 0.25) is 0 Å². The fourth-order valence-corrected chi connectivity index (χ4v) is 3.71. The van der Waals surface area contributed by atoms with Crippen molar-refractivity contribution in [1.29, 1.82) is 0 Å². The van der Waals surface area contributed by atoms with Crippen molar-refractivity contribution in [2.45, 2.75) is 38.5 Å². The number of allylic oxidation sites excluding steroid dienone is 2. The quantitative estimate of drug-likeness (QED) is 0.658. The van der Waals surface area contributed by atoms with Gasteiger partial charge in [0.25, 0.3) is 0 Å². The van der Waals surface area contributed by atoms with E-state index in [4.69, 9.17) is 0 Å². The van der Waals surface area contributed by atoms with Crippen LogP contribution in [0.25, 0.3) is 0 Å². The third-order valence-corrected chi connectivity index (χ3v) is 5.17. The lowest BCUT2D eigenvalue weighted by molar-refractivity contribution is 0.285. The van der Waals surface area contributed by atoms with Gasteiger partial charge in [0.05, 0.1) is 18.6 Å². The summed E-state index contributed by atoms with van der Waals surface area (Å²) in [6.07, 6.45) is 17.4. The highest BCUT2D eigenvalue weighted by atomic mass is 15.1. The summed E-state index contributed by atoms with van der Waals surface area (Å²) in [4.78, 5) is 4.40. The van der Waals surface area contributed by atoms with Gasteiger partial charge in [0.2, 0.25) is 0 Å². The molecule has 1 aromatic heterocycles. The molecule has 2 aliphatic rings. The zero-order valence-electron chi connectivity index (χ0n) is 14.7. The number of hydrogen-bond donors (Lipinski definition) is 3. The van der Waals surface area contributed by atoms with Crippen molar-refractivity contribution < 1.29 is 0 Å². The highest BCUT2D eigenvalue weighted by molar-refractivity contribution is 5.48. The Morgan fingerprint density at radius 2 is 2.00 bits per heavy atom. The van der Waals surface area contributed by atoms with Crippen molar-refractivity contribution in [2.75, 3.05) is 30.9 Å². The zero-order valence-corrected chi connectivity index (χ0v) is 14.7. The zero-order chi connectivity index (χ0) is 16.6. The van der Waals surface area contributed by atoms with Gasteiger partial charge in [-0.15, -0.1) is 0 Å². The highest BCUT2D eigenvalue weighted by Crippen LogP contribution is 2.34. The Labute approximate surface area is 145 Å². The molecule has 2 aliphatic carbocycles. The van der Waals surface area contributed by atoms with E-state index in [1.54, 1.807) is 0 Å². The molecule has 1 unspecified atom stereocenters. The third-order valence-electron chi connectivity index (χ3n) is 5.17. The van der Waals surface area contributed by atoms with Crippen LogP contribution in [-0.4, -0.2) is 25.2 Å². The second kappa shape index (κ2) is 8.88. The summed E-state index contributed by atoms with van der Waals surface area (Å²) in [5, 5.41) is 9.70. The van der Waals surface area contributed by atoms with Gasteiger partial charge < -0.3 is 16.0 Å². The highest BCUT2D eigenvalue weighted by Gasteiger charge is 2.22. The van der Waals surface area contributed by atoms with Crippen LogP contribution >= 0.6 is 0 Å². The molecule has 24 heavy (non-hydrogen) atoms. The summed E-state index contributed by atoms with van der Waals surface area (Å²) >= 11 is 0. The SMILES string of the molecule is CNCNc1ccc(NCC2=CCC(C3CCCCC3)C=C2)cn1. The van der Waals surface area contributed by atoms with Crippen LogP contribution in [0.1, 0.15) is 38.5 Å². The lowest BCUT2D eigenvalue weighted by atomic mass is 9.77.